The molecular weight excluding hydrogens is 228 g/mol. The molecule has 0 aromatic heterocycles. The summed E-state index contributed by atoms with van der Waals surface area (Å²) in [6.45, 7) is 6.42. The first-order valence-electron chi connectivity index (χ1n) is 6.10. The minimum absolute atomic E-state index is 1.05. The second-order valence-corrected chi connectivity index (χ2v) is 5.51. The monoisotopic (exact) mass is 250 g/mol. The van der Waals surface area contributed by atoms with Gasteiger partial charge in [0.05, 0.1) is 5.69 Å². The fraction of sp³-hybridized carbons (Fsp3) is 0.500. The van der Waals surface area contributed by atoms with Gasteiger partial charge in [-0.3, -0.25) is 0 Å². The smallest absolute Gasteiger partial charge is 0.101 e. The molecule has 0 atom stereocenters. The Kier molecular flexibility index (Phi) is 6.12. The van der Waals surface area contributed by atoms with Crippen molar-refractivity contribution in [2.75, 3.05) is 12.8 Å². The summed E-state index contributed by atoms with van der Waals surface area (Å²) in [5.41, 5.74) is 3.57. The Bertz CT molecular complexity index is 374. The molecule has 0 spiro atoms. The predicted molar refractivity (Wildman–Crippen MR) is 79.2 cm³/mol. The first-order valence-corrected chi connectivity index (χ1v) is 7.05. The molecule has 0 heterocycles. The van der Waals surface area contributed by atoms with Gasteiger partial charge in [-0.25, -0.2) is 4.99 Å². The maximum atomic E-state index is 4.51. The van der Waals surface area contributed by atoms with Gasteiger partial charge < -0.3 is 4.31 Å². The van der Waals surface area contributed by atoms with Crippen LogP contribution in [0.4, 0.5) is 5.69 Å². The van der Waals surface area contributed by atoms with Gasteiger partial charge in [0.2, 0.25) is 0 Å². The van der Waals surface area contributed by atoms with Gasteiger partial charge in [-0.05, 0) is 43.8 Å². The minimum Gasteiger partial charge on any atom is -0.310 e. The van der Waals surface area contributed by atoms with Gasteiger partial charge in [0.25, 0.3) is 0 Å². The van der Waals surface area contributed by atoms with E-state index in [1.165, 1.54) is 24.0 Å². The van der Waals surface area contributed by atoms with E-state index in [9.17, 15) is 0 Å². The number of aryl methyl sites for hydroxylation is 2. The van der Waals surface area contributed by atoms with Crippen LogP contribution in [-0.4, -0.2) is 23.4 Å². The van der Waals surface area contributed by atoms with Crippen molar-refractivity contribution in [1.29, 1.82) is 0 Å². The van der Waals surface area contributed by atoms with Gasteiger partial charge in [-0.2, -0.15) is 0 Å². The van der Waals surface area contributed by atoms with E-state index in [-0.39, 0.29) is 0 Å². The summed E-state index contributed by atoms with van der Waals surface area (Å²) in [4.78, 5) is 4.51. The molecule has 1 rings (SSSR count). The SMILES string of the molecule is CCCCSN(C)C=Nc1ccc(C)cc1C. The third-order valence-corrected chi connectivity index (χ3v) is 3.48. The van der Waals surface area contributed by atoms with Crippen molar-refractivity contribution >= 4 is 24.0 Å². The molecule has 1 aromatic carbocycles. The van der Waals surface area contributed by atoms with E-state index < -0.39 is 0 Å². The van der Waals surface area contributed by atoms with Crippen molar-refractivity contribution in [2.45, 2.75) is 33.6 Å². The predicted octanol–water partition coefficient (Wildman–Crippen LogP) is 4.34. The quantitative estimate of drug-likeness (QED) is 0.323. The number of unbranched alkanes of at least 4 members (excludes halogenated alkanes) is 1. The maximum absolute atomic E-state index is 4.51. The van der Waals surface area contributed by atoms with Gasteiger partial charge in [0.15, 0.2) is 0 Å². The molecule has 0 N–H and O–H groups in total. The Labute approximate surface area is 109 Å². The van der Waals surface area contributed by atoms with Crippen molar-refractivity contribution in [3.63, 3.8) is 0 Å². The lowest BCUT2D eigenvalue weighted by molar-refractivity contribution is 0.842. The van der Waals surface area contributed by atoms with Crippen molar-refractivity contribution in [3.8, 4) is 0 Å². The molecule has 0 aliphatic carbocycles. The molecular formula is C14H22N2S. The summed E-state index contributed by atoms with van der Waals surface area (Å²) in [6, 6.07) is 6.34. The maximum Gasteiger partial charge on any atom is 0.101 e. The number of hydrogen-bond donors (Lipinski definition) is 0. The highest BCUT2D eigenvalue weighted by Crippen LogP contribution is 2.19. The van der Waals surface area contributed by atoms with E-state index in [1.807, 2.05) is 25.3 Å². The summed E-state index contributed by atoms with van der Waals surface area (Å²) in [7, 11) is 2.05. The highest BCUT2D eigenvalue weighted by Gasteiger charge is 1.97. The van der Waals surface area contributed by atoms with E-state index in [1.54, 1.807) is 0 Å². The molecule has 17 heavy (non-hydrogen) atoms. The lowest BCUT2D eigenvalue weighted by Crippen LogP contribution is -2.06. The topological polar surface area (TPSA) is 15.6 Å². The summed E-state index contributed by atoms with van der Waals surface area (Å²) in [5, 5.41) is 0. The third-order valence-electron chi connectivity index (χ3n) is 2.50. The van der Waals surface area contributed by atoms with E-state index in [2.05, 4.69) is 48.3 Å². The van der Waals surface area contributed by atoms with Crippen LogP contribution < -0.4 is 0 Å². The van der Waals surface area contributed by atoms with Crippen LogP contribution in [-0.2, 0) is 0 Å². The lowest BCUT2D eigenvalue weighted by Gasteiger charge is -2.11. The zero-order chi connectivity index (χ0) is 12.7. The molecule has 0 amide bonds. The zero-order valence-corrected chi connectivity index (χ0v) is 12.0. The van der Waals surface area contributed by atoms with Crippen molar-refractivity contribution in [1.82, 2.24) is 4.31 Å². The normalized spacial score (nSPS) is 11.1. The van der Waals surface area contributed by atoms with E-state index in [4.69, 9.17) is 0 Å². The van der Waals surface area contributed by atoms with Crippen LogP contribution in [0.15, 0.2) is 23.2 Å². The van der Waals surface area contributed by atoms with Gasteiger partial charge in [-0.1, -0.05) is 31.0 Å². The van der Waals surface area contributed by atoms with Crippen LogP contribution in [0.2, 0.25) is 0 Å². The summed E-state index contributed by atoms with van der Waals surface area (Å²) < 4.78 is 2.08. The molecule has 0 fully saturated rings. The Hall–Kier alpha value is -0.960. The number of nitrogens with zero attached hydrogens (tertiary/aromatic N) is 2. The molecule has 0 radical (unpaired) electrons. The van der Waals surface area contributed by atoms with Gasteiger partial charge >= 0.3 is 0 Å². The van der Waals surface area contributed by atoms with E-state index >= 15 is 0 Å². The molecule has 0 bridgehead atoms. The van der Waals surface area contributed by atoms with E-state index in [0.717, 1.165) is 11.4 Å². The average Bonchev–Trinajstić information content (AvgIpc) is 2.28. The third kappa shape index (κ3) is 5.26. The van der Waals surface area contributed by atoms with Crippen LogP contribution in [0, 0.1) is 13.8 Å². The van der Waals surface area contributed by atoms with Crippen LogP contribution in [0.1, 0.15) is 30.9 Å². The number of rotatable bonds is 6. The zero-order valence-electron chi connectivity index (χ0n) is 11.2. The molecule has 94 valence electrons. The molecule has 0 aliphatic rings. The van der Waals surface area contributed by atoms with Crippen LogP contribution in [0.5, 0.6) is 0 Å². The largest absolute Gasteiger partial charge is 0.310 e. The highest BCUT2D eigenvalue weighted by atomic mass is 32.2. The van der Waals surface area contributed by atoms with Crippen molar-refractivity contribution in [3.05, 3.63) is 29.3 Å². The summed E-state index contributed by atoms with van der Waals surface area (Å²) in [6.07, 6.45) is 4.40. The summed E-state index contributed by atoms with van der Waals surface area (Å²) in [5.74, 6) is 1.16. The minimum atomic E-state index is 1.05. The first-order chi connectivity index (χ1) is 8.13. The molecule has 0 unspecified atom stereocenters. The first kappa shape index (κ1) is 14.1. The Morgan fingerprint density at radius 1 is 1.35 bits per heavy atom. The average molecular weight is 250 g/mol. The molecule has 3 heteroatoms. The molecule has 0 saturated carbocycles. The van der Waals surface area contributed by atoms with Crippen LogP contribution in [0.3, 0.4) is 0 Å². The second kappa shape index (κ2) is 7.38. The molecule has 0 saturated heterocycles. The molecule has 2 nitrogen and oxygen atoms in total. The van der Waals surface area contributed by atoms with Crippen molar-refractivity contribution < 1.29 is 0 Å². The Morgan fingerprint density at radius 3 is 2.76 bits per heavy atom. The second-order valence-electron chi connectivity index (χ2n) is 4.27. The van der Waals surface area contributed by atoms with E-state index in [0.29, 0.717) is 0 Å². The number of aliphatic imine (C=N–C) groups is 1. The summed E-state index contributed by atoms with van der Waals surface area (Å²) >= 11 is 1.81. The van der Waals surface area contributed by atoms with Gasteiger partial charge in [0.1, 0.15) is 6.34 Å². The fourth-order valence-corrected chi connectivity index (χ4v) is 2.30. The van der Waals surface area contributed by atoms with Gasteiger partial charge in [0, 0.05) is 12.8 Å². The van der Waals surface area contributed by atoms with Crippen molar-refractivity contribution in [2.24, 2.45) is 4.99 Å². The van der Waals surface area contributed by atoms with Crippen LogP contribution >= 0.6 is 11.9 Å². The fourth-order valence-electron chi connectivity index (χ4n) is 1.48. The Balaban J connectivity index is 2.51. The lowest BCUT2D eigenvalue weighted by atomic mass is 10.1. The van der Waals surface area contributed by atoms with Crippen LogP contribution in [0.25, 0.3) is 0 Å². The molecule has 1 aromatic rings. The number of benzene rings is 1. The number of hydrogen-bond acceptors (Lipinski definition) is 2. The Morgan fingerprint density at radius 2 is 2.12 bits per heavy atom. The van der Waals surface area contributed by atoms with Gasteiger partial charge in [-0.15, -0.1) is 0 Å². The standard InChI is InChI=1S/C14H22N2S/c1-5-6-9-17-16(4)11-15-14-8-7-12(2)10-13(14)3/h7-8,10-11H,5-6,9H2,1-4H3. The molecule has 0 aliphatic heterocycles. The highest BCUT2D eigenvalue weighted by molar-refractivity contribution is 7.97.